The van der Waals surface area contributed by atoms with Gasteiger partial charge in [-0.2, -0.15) is 4.31 Å². The summed E-state index contributed by atoms with van der Waals surface area (Å²) >= 11 is 0. The Hall–Kier alpha value is -3.30. The van der Waals surface area contributed by atoms with Gasteiger partial charge >= 0.3 is 0 Å². The Kier molecular flexibility index (Phi) is 8.01. The van der Waals surface area contributed by atoms with Gasteiger partial charge in [-0.1, -0.05) is 39.8 Å². The fraction of sp³-hybridized carbons (Fsp3) is 0.320. The zero-order valence-electron chi connectivity index (χ0n) is 20.1. The van der Waals surface area contributed by atoms with Gasteiger partial charge in [-0.05, 0) is 48.2 Å². The van der Waals surface area contributed by atoms with Crippen LogP contribution in [0, 0.1) is 6.92 Å². The minimum atomic E-state index is -3.74. The monoisotopic (exact) mass is 482 g/mol. The van der Waals surface area contributed by atoms with Crippen molar-refractivity contribution in [3.8, 4) is 11.5 Å². The zero-order valence-corrected chi connectivity index (χ0v) is 20.9. The van der Waals surface area contributed by atoms with E-state index in [0.717, 1.165) is 11.1 Å². The van der Waals surface area contributed by atoms with Gasteiger partial charge in [0.25, 0.3) is 5.91 Å². The van der Waals surface area contributed by atoms with E-state index >= 15 is 0 Å². The Morgan fingerprint density at radius 3 is 2.41 bits per heavy atom. The number of hydrogen-bond acceptors (Lipinski definition) is 6. The van der Waals surface area contributed by atoms with Crippen LogP contribution in [-0.2, 0) is 10.0 Å². The molecule has 0 aliphatic rings. The van der Waals surface area contributed by atoms with E-state index in [9.17, 15) is 13.2 Å². The lowest BCUT2D eigenvalue weighted by Crippen LogP contribution is -2.30. The van der Waals surface area contributed by atoms with Crippen LogP contribution >= 0.6 is 0 Å². The predicted molar refractivity (Wildman–Crippen MR) is 132 cm³/mol. The van der Waals surface area contributed by atoms with E-state index in [1.165, 1.54) is 35.0 Å². The summed E-state index contributed by atoms with van der Waals surface area (Å²) in [6.45, 7) is 10.3. The number of anilines is 1. The molecule has 0 atom stereocenters. The van der Waals surface area contributed by atoms with E-state index in [1.807, 2.05) is 25.1 Å². The molecule has 0 aliphatic carbocycles. The van der Waals surface area contributed by atoms with E-state index in [-0.39, 0.29) is 22.2 Å². The van der Waals surface area contributed by atoms with Crippen molar-refractivity contribution in [2.45, 2.75) is 45.4 Å². The highest BCUT2D eigenvalue weighted by atomic mass is 32.2. The summed E-state index contributed by atoms with van der Waals surface area (Å²) in [5.41, 5.74) is 2.34. The molecule has 0 fully saturated rings. The van der Waals surface area contributed by atoms with Crippen molar-refractivity contribution in [1.29, 1.82) is 0 Å². The molecule has 34 heavy (non-hydrogen) atoms. The number of carbonyl (C=O) groups is 1. The molecule has 1 aromatic heterocycles. The largest absolute Gasteiger partial charge is 0.455 e. The predicted octanol–water partition coefficient (Wildman–Crippen LogP) is 4.98. The van der Waals surface area contributed by atoms with Gasteiger partial charge in [0.2, 0.25) is 10.0 Å². The van der Waals surface area contributed by atoms with Crippen molar-refractivity contribution in [2.75, 3.05) is 18.4 Å². The molecule has 3 rings (SSSR count). The lowest BCUT2D eigenvalue weighted by Gasteiger charge is -2.21. The average Bonchev–Trinajstić information content (AvgIpc) is 2.81. The van der Waals surface area contributed by atoms with E-state index in [1.54, 1.807) is 19.9 Å². The van der Waals surface area contributed by atoms with Crippen LogP contribution in [0.25, 0.3) is 0 Å². The number of aromatic nitrogens is 2. The van der Waals surface area contributed by atoms with Crippen LogP contribution < -0.4 is 10.1 Å². The van der Waals surface area contributed by atoms with Crippen molar-refractivity contribution in [3.05, 3.63) is 71.8 Å². The highest BCUT2D eigenvalue weighted by Crippen LogP contribution is 2.37. The summed E-state index contributed by atoms with van der Waals surface area (Å²) in [5, 5.41) is 2.75. The Balaban J connectivity index is 2.09. The van der Waals surface area contributed by atoms with Gasteiger partial charge in [0.1, 0.15) is 11.4 Å². The second kappa shape index (κ2) is 10.8. The molecule has 0 aliphatic heterocycles. The van der Waals surface area contributed by atoms with Crippen molar-refractivity contribution in [1.82, 2.24) is 14.3 Å². The first-order valence-electron chi connectivity index (χ1n) is 11.2. The smallest absolute Gasteiger partial charge is 0.275 e. The SMILES string of the molecule is CCN(CC)S(=O)(=O)c1ccc(Oc2cc(C)ccc2C(C)C)c(NC(=O)c2cnccn2)c1. The first-order valence-corrected chi connectivity index (χ1v) is 12.6. The molecule has 2 aromatic carbocycles. The molecule has 0 unspecified atom stereocenters. The van der Waals surface area contributed by atoms with Gasteiger partial charge in [-0.25, -0.2) is 13.4 Å². The number of nitrogens with zero attached hydrogens (tertiary/aromatic N) is 3. The van der Waals surface area contributed by atoms with Crippen molar-refractivity contribution in [2.24, 2.45) is 0 Å². The van der Waals surface area contributed by atoms with Gasteiger partial charge in [0.15, 0.2) is 5.75 Å². The maximum atomic E-state index is 13.1. The van der Waals surface area contributed by atoms with Gasteiger partial charge in [0.05, 0.1) is 16.8 Å². The molecule has 0 saturated heterocycles. The fourth-order valence-corrected chi connectivity index (χ4v) is 4.98. The summed E-state index contributed by atoms with van der Waals surface area (Å²) < 4.78 is 33.8. The number of amides is 1. The van der Waals surface area contributed by atoms with E-state index in [4.69, 9.17) is 4.74 Å². The maximum Gasteiger partial charge on any atom is 0.275 e. The molecule has 0 bridgehead atoms. The molecular weight excluding hydrogens is 452 g/mol. The first kappa shape index (κ1) is 25.3. The van der Waals surface area contributed by atoms with Crippen molar-refractivity contribution >= 4 is 21.6 Å². The lowest BCUT2D eigenvalue weighted by molar-refractivity contribution is 0.102. The van der Waals surface area contributed by atoms with Gasteiger partial charge in [0, 0.05) is 25.5 Å². The van der Waals surface area contributed by atoms with E-state index in [0.29, 0.717) is 24.6 Å². The maximum absolute atomic E-state index is 13.1. The second-order valence-electron chi connectivity index (χ2n) is 8.09. The number of nitrogens with one attached hydrogen (secondary N) is 1. The molecule has 8 nitrogen and oxygen atoms in total. The number of carbonyl (C=O) groups excluding carboxylic acids is 1. The molecular formula is C25H30N4O4S. The molecule has 1 N–H and O–H groups in total. The molecule has 3 aromatic rings. The lowest BCUT2D eigenvalue weighted by atomic mass is 10.0. The number of benzene rings is 2. The Labute approximate surface area is 201 Å². The molecule has 1 heterocycles. The van der Waals surface area contributed by atoms with Gasteiger partial charge < -0.3 is 10.1 Å². The molecule has 0 radical (unpaired) electrons. The summed E-state index contributed by atoms with van der Waals surface area (Å²) in [5.74, 6) is 0.645. The molecule has 0 spiro atoms. The second-order valence-corrected chi connectivity index (χ2v) is 10.0. The summed E-state index contributed by atoms with van der Waals surface area (Å²) in [6, 6.07) is 10.4. The number of hydrogen-bond donors (Lipinski definition) is 1. The molecule has 180 valence electrons. The third kappa shape index (κ3) is 5.60. The zero-order chi connectivity index (χ0) is 24.9. The first-order chi connectivity index (χ1) is 16.2. The third-order valence-corrected chi connectivity index (χ3v) is 7.40. The van der Waals surface area contributed by atoms with Crippen LogP contribution in [0.3, 0.4) is 0 Å². The van der Waals surface area contributed by atoms with E-state index < -0.39 is 15.9 Å². The highest BCUT2D eigenvalue weighted by Gasteiger charge is 2.24. The standard InChI is InChI=1S/C25H30N4O4S/c1-6-29(7-2)34(31,32)19-9-11-23(33-24-14-18(5)8-10-20(24)17(3)4)21(15-19)28-25(30)22-16-26-12-13-27-22/h8-17H,6-7H2,1-5H3,(H,28,30). The van der Waals surface area contributed by atoms with Crippen molar-refractivity contribution < 1.29 is 17.9 Å². The minimum Gasteiger partial charge on any atom is -0.455 e. The highest BCUT2D eigenvalue weighted by molar-refractivity contribution is 7.89. The number of rotatable bonds is 9. The number of aryl methyl sites for hydroxylation is 1. The van der Waals surface area contributed by atoms with Crippen LogP contribution in [0.1, 0.15) is 55.2 Å². The fourth-order valence-electron chi connectivity index (χ4n) is 3.50. The quantitative estimate of drug-likeness (QED) is 0.461. The van der Waals surface area contributed by atoms with Gasteiger partial charge in [-0.3, -0.25) is 9.78 Å². The molecule has 1 amide bonds. The van der Waals surface area contributed by atoms with Crippen LogP contribution in [0.5, 0.6) is 11.5 Å². The average molecular weight is 483 g/mol. The van der Waals surface area contributed by atoms with Gasteiger partial charge in [-0.15, -0.1) is 0 Å². The van der Waals surface area contributed by atoms with Crippen LogP contribution in [-0.4, -0.2) is 41.7 Å². The third-order valence-electron chi connectivity index (χ3n) is 5.35. The molecule has 0 saturated carbocycles. The molecule has 9 heteroatoms. The van der Waals surface area contributed by atoms with Crippen LogP contribution in [0.2, 0.25) is 0 Å². The van der Waals surface area contributed by atoms with Crippen LogP contribution in [0.4, 0.5) is 5.69 Å². The summed E-state index contributed by atoms with van der Waals surface area (Å²) in [7, 11) is -3.74. The Morgan fingerprint density at radius 2 is 1.79 bits per heavy atom. The number of sulfonamides is 1. The minimum absolute atomic E-state index is 0.0614. The normalized spacial score (nSPS) is 11.6. The number of ether oxygens (including phenoxy) is 1. The Morgan fingerprint density at radius 1 is 1.06 bits per heavy atom. The summed E-state index contributed by atoms with van der Waals surface area (Å²) in [4.78, 5) is 20.8. The topological polar surface area (TPSA) is 101 Å². The Bertz CT molecular complexity index is 1260. The van der Waals surface area contributed by atoms with E-state index in [2.05, 4.69) is 29.1 Å². The van der Waals surface area contributed by atoms with Crippen LogP contribution in [0.15, 0.2) is 59.9 Å². The van der Waals surface area contributed by atoms with Crippen molar-refractivity contribution in [3.63, 3.8) is 0 Å². The summed E-state index contributed by atoms with van der Waals surface area (Å²) in [6.07, 6.45) is 4.22.